The van der Waals surface area contributed by atoms with Crippen LogP contribution >= 0.6 is 0 Å². The highest BCUT2D eigenvalue weighted by atomic mass is 16.5. The summed E-state index contributed by atoms with van der Waals surface area (Å²) >= 11 is 0. The van der Waals surface area contributed by atoms with Gasteiger partial charge in [0.05, 0.1) is 19.6 Å². The van der Waals surface area contributed by atoms with Crippen molar-refractivity contribution in [2.45, 2.75) is 32.2 Å². The minimum absolute atomic E-state index is 0.172. The molecule has 1 atom stereocenters. The van der Waals surface area contributed by atoms with Gasteiger partial charge in [0.1, 0.15) is 5.82 Å². The smallest absolute Gasteiger partial charge is 0.224 e. The summed E-state index contributed by atoms with van der Waals surface area (Å²) in [5, 5.41) is 0. The molecule has 1 aromatic heterocycles. The first kappa shape index (κ1) is 16.0. The molecule has 1 aliphatic heterocycles. The summed E-state index contributed by atoms with van der Waals surface area (Å²) in [6.07, 6.45) is 3.34. The molecule has 0 bridgehead atoms. The van der Waals surface area contributed by atoms with Crippen LogP contribution in [0.2, 0.25) is 0 Å². The Labute approximate surface area is 126 Å². The maximum Gasteiger partial charge on any atom is 0.224 e. The molecule has 1 aromatic rings. The fraction of sp³-hybridized carbons (Fsp3) is 0.733. The number of hydrogen-bond acceptors (Lipinski definition) is 4. The molecule has 1 unspecified atom stereocenters. The van der Waals surface area contributed by atoms with Gasteiger partial charge in [-0.15, -0.1) is 0 Å². The van der Waals surface area contributed by atoms with E-state index < -0.39 is 0 Å². The molecule has 0 spiro atoms. The van der Waals surface area contributed by atoms with Crippen LogP contribution in [0.3, 0.4) is 0 Å². The van der Waals surface area contributed by atoms with Gasteiger partial charge in [-0.1, -0.05) is 0 Å². The van der Waals surface area contributed by atoms with E-state index in [0.29, 0.717) is 25.6 Å². The Kier molecular flexibility index (Phi) is 5.76. The molecule has 0 N–H and O–H groups in total. The number of methoxy groups -OCH3 is 2. The molecular formula is C15H25N3O3. The summed E-state index contributed by atoms with van der Waals surface area (Å²) in [4.78, 5) is 18.5. The lowest BCUT2D eigenvalue weighted by Gasteiger charge is -2.17. The summed E-state index contributed by atoms with van der Waals surface area (Å²) in [5.74, 6) is 1.57. The van der Waals surface area contributed by atoms with E-state index in [-0.39, 0.29) is 5.91 Å². The molecule has 6 heteroatoms. The standard InChI is InChI=1S/C15H25N3O3/c1-12-10-16-15(18(12)7-9-21-3)13-4-6-17(11-13)14(19)5-8-20-2/h10,13H,4-9,11H2,1-3H3. The maximum atomic E-state index is 12.0. The normalized spacial score (nSPS) is 18.4. The molecule has 21 heavy (non-hydrogen) atoms. The third-order valence-corrected chi connectivity index (χ3v) is 4.03. The second-order valence-corrected chi connectivity index (χ2v) is 5.47. The van der Waals surface area contributed by atoms with Crippen molar-refractivity contribution in [3.63, 3.8) is 0 Å². The second-order valence-electron chi connectivity index (χ2n) is 5.47. The summed E-state index contributed by atoms with van der Waals surface area (Å²) in [6.45, 7) is 5.60. The van der Waals surface area contributed by atoms with Crippen molar-refractivity contribution in [3.05, 3.63) is 17.7 Å². The van der Waals surface area contributed by atoms with Gasteiger partial charge >= 0.3 is 0 Å². The zero-order valence-electron chi connectivity index (χ0n) is 13.2. The van der Waals surface area contributed by atoms with Crippen molar-refractivity contribution in [1.29, 1.82) is 0 Å². The number of hydrogen-bond donors (Lipinski definition) is 0. The zero-order chi connectivity index (χ0) is 15.2. The van der Waals surface area contributed by atoms with Crippen molar-refractivity contribution < 1.29 is 14.3 Å². The van der Waals surface area contributed by atoms with Gasteiger partial charge in [0.25, 0.3) is 0 Å². The van der Waals surface area contributed by atoms with E-state index in [1.54, 1.807) is 14.2 Å². The Morgan fingerprint density at radius 1 is 1.38 bits per heavy atom. The highest BCUT2D eigenvalue weighted by molar-refractivity contribution is 5.76. The van der Waals surface area contributed by atoms with Gasteiger partial charge < -0.3 is 18.9 Å². The van der Waals surface area contributed by atoms with Gasteiger partial charge in [-0.3, -0.25) is 4.79 Å². The van der Waals surface area contributed by atoms with Crippen LogP contribution in [0.4, 0.5) is 0 Å². The molecular weight excluding hydrogens is 270 g/mol. The average Bonchev–Trinajstić information content (AvgIpc) is 3.09. The molecule has 2 rings (SSSR count). The molecule has 6 nitrogen and oxygen atoms in total. The number of rotatable bonds is 7. The van der Waals surface area contributed by atoms with Crippen LogP contribution in [-0.4, -0.2) is 60.9 Å². The fourth-order valence-electron chi connectivity index (χ4n) is 2.82. The number of likely N-dealkylation sites (tertiary alicyclic amines) is 1. The van der Waals surface area contributed by atoms with Crippen molar-refractivity contribution in [1.82, 2.24) is 14.5 Å². The van der Waals surface area contributed by atoms with Crippen molar-refractivity contribution >= 4 is 5.91 Å². The number of amides is 1. The number of carbonyl (C=O) groups excluding carboxylic acids is 1. The Hall–Kier alpha value is -1.40. The van der Waals surface area contributed by atoms with Crippen LogP contribution in [0.25, 0.3) is 0 Å². The van der Waals surface area contributed by atoms with Crippen molar-refractivity contribution in [2.24, 2.45) is 0 Å². The molecule has 1 amide bonds. The van der Waals surface area contributed by atoms with Crippen LogP contribution in [0, 0.1) is 6.92 Å². The van der Waals surface area contributed by atoms with E-state index in [1.807, 2.05) is 11.1 Å². The van der Waals surface area contributed by atoms with Gasteiger partial charge in [0.2, 0.25) is 5.91 Å². The SMILES string of the molecule is COCCC(=O)N1CCC(c2ncc(C)n2CCOC)C1. The van der Waals surface area contributed by atoms with E-state index in [9.17, 15) is 4.79 Å². The summed E-state index contributed by atoms with van der Waals surface area (Å²) in [6, 6.07) is 0. The highest BCUT2D eigenvalue weighted by Crippen LogP contribution is 2.27. The molecule has 118 valence electrons. The predicted molar refractivity (Wildman–Crippen MR) is 79.3 cm³/mol. The molecule has 1 fully saturated rings. The first-order valence-corrected chi connectivity index (χ1v) is 7.45. The summed E-state index contributed by atoms with van der Waals surface area (Å²) < 4.78 is 12.3. The van der Waals surface area contributed by atoms with E-state index in [2.05, 4.69) is 16.5 Å². The number of aryl methyl sites for hydroxylation is 1. The maximum absolute atomic E-state index is 12.0. The van der Waals surface area contributed by atoms with E-state index in [0.717, 1.165) is 37.6 Å². The molecule has 0 saturated carbocycles. The first-order valence-electron chi connectivity index (χ1n) is 7.45. The number of imidazole rings is 1. The largest absolute Gasteiger partial charge is 0.384 e. The van der Waals surface area contributed by atoms with Crippen LogP contribution in [-0.2, 0) is 20.8 Å². The summed E-state index contributed by atoms with van der Waals surface area (Å²) in [7, 11) is 3.33. The lowest BCUT2D eigenvalue weighted by atomic mass is 10.1. The zero-order valence-corrected chi connectivity index (χ0v) is 13.2. The Morgan fingerprint density at radius 3 is 2.86 bits per heavy atom. The Balaban J connectivity index is 1.99. The van der Waals surface area contributed by atoms with E-state index >= 15 is 0 Å². The topological polar surface area (TPSA) is 56.6 Å². The Bertz CT molecular complexity index is 473. The lowest BCUT2D eigenvalue weighted by molar-refractivity contribution is -0.131. The molecule has 1 aliphatic rings. The van der Waals surface area contributed by atoms with Crippen LogP contribution in [0.5, 0.6) is 0 Å². The highest BCUT2D eigenvalue weighted by Gasteiger charge is 2.30. The van der Waals surface area contributed by atoms with Gasteiger partial charge in [0, 0.05) is 51.7 Å². The predicted octanol–water partition coefficient (Wildman–Crippen LogP) is 1.19. The lowest BCUT2D eigenvalue weighted by Crippen LogP contribution is -2.29. The van der Waals surface area contributed by atoms with Gasteiger partial charge in [-0.05, 0) is 13.3 Å². The molecule has 1 saturated heterocycles. The second kappa shape index (κ2) is 7.56. The van der Waals surface area contributed by atoms with Gasteiger partial charge in [-0.2, -0.15) is 0 Å². The molecule has 0 aromatic carbocycles. The van der Waals surface area contributed by atoms with Crippen molar-refractivity contribution in [3.8, 4) is 0 Å². The molecule has 2 heterocycles. The van der Waals surface area contributed by atoms with Crippen molar-refractivity contribution in [2.75, 3.05) is 40.5 Å². The Morgan fingerprint density at radius 2 is 2.14 bits per heavy atom. The van der Waals surface area contributed by atoms with Gasteiger partial charge in [-0.25, -0.2) is 4.98 Å². The minimum atomic E-state index is 0.172. The fourth-order valence-corrected chi connectivity index (χ4v) is 2.82. The number of nitrogens with zero attached hydrogens (tertiary/aromatic N) is 3. The van der Waals surface area contributed by atoms with E-state index in [4.69, 9.17) is 9.47 Å². The molecule has 0 aliphatic carbocycles. The minimum Gasteiger partial charge on any atom is -0.384 e. The third-order valence-electron chi connectivity index (χ3n) is 4.03. The quantitative estimate of drug-likeness (QED) is 0.758. The molecule has 0 radical (unpaired) electrons. The first-order chi connectivity index (χ1) is 10.2. The number of aromatic nitrogens is 2. The monoisotopic (exact) mass is 295 g/mol. The number of carbonyl (C=O) groups is 1. The van der Waals surface area contributed by atoms with Crippen LogP contribution < -0.4 is 0 Å². The third kappa shape index (κ3) is 3.83. The van der Waals surface area contributed by atoms with E-state index in [1.165, 1.54) is 0 Å². The van der Waals surface area contributed by atoms with Gasteiger partial charge in [0.15, 0.2) is 0 Å². The number of ether oxygens (including phenoxy) is 2. The van der Waals surface area contributed by atoms with Crippen LogP contribution in [0.1, 0.15) is 30.3 Å². The van der Waals surface area contributed by atoms with Crippen LogP contribution in [0.15, 0.2) is 6.20 Å². The average molecular weight is 295 g/mol. The summed E-state index contributed by atoms with van der Waals surface area (Å²) in [5.41, 5.74) is 1.14.